The summed E-state index contributed by atoms with van der Waals surface area (Å²) in [6.07, 6.45) is 8.27. The van der Waals surface area contributed by atoms with Crippen LogP contribution in [0.15, 0.2) is 0 Å². The molecule has 2 heteroatoms. The molecule has 0 aromatic carbocycles. The summed E-state index contributed by atoms with van der Waals surface area (Å²) in [6, 6.07) is 0.840. The van der Waals surface area contributed by atoms with Crippen LogP contribution in [-0.4, -0.2) is 35.7 Å². The summed E-state index contributed by atoms with van der Waals surface area (Å²) < 4.78 is 0. The van der Waals surface area contributed by atoms with Crippen molar-refractivity contribution in [2.45, 2.75) is 58.4 Å². The number of piperidine rings is 1. The lowest BCUT2D eigenvalue weighted by atomic mass is 9.73. The average Bonchev–Trinajstić information content (AvgIpc) is 2.29. The number of nitrogens with zero attached hydrogens (tertiary/aromatic N) is 1. The molecule has 0 radical (unpaired) electrons. The summed E-state index contributed by atoms with van der Waals surface area (Å²) >= 11 is 0. The molecule has 0 aromatic rings. The minimum absolute atomic E-state index is 0.296. The van der Waals surface area contributed by atoms with Crippen LogP contribution in [0.5, 0.6) is 0 Å². The lowest BCUT2D eigenvalue weighted by Crippen LogP contribution is -2.51. The first kappa shape index (κ1) is 12.4. The zero-order chi connectivity index (χ0) is 11.6. The van der Waals surface area contributed by atoms with Crippen LogP contribution < -0.4 is 0 Å². The topological polar surface area (TPSA) is 23.5 Å². The Morgan fingerprint density at radius 2 is 1.81 bits per heavy atom. The molecule has 2 rings (SSSR count). The van der Waals surface area contributed by atoms with Gasteiger partial charge in [0.15, 0.2) is 0 Å². The predicted molar refractivity (Wildman–Crippen MR) is 67.4 cm³/mol. The molecule has 2 fully saturated rings. The Kier molecular flexibility index (Phi) is 3.91. The van der Waals surface area contributed by atoms with Gasteiger partial charge in [0, 0.05) is 19.2 Å². The molecular weight excluding hydrogens is 198 g/mol. The highest BCUT2D eigenvalue weighted by atomic mass is 16.3. The highest BCUT2D eigenvalue weighted by Crippen LogP contribution is 2.37. The fraction of sp³-hybridized carbons (Fsp3) is 1.00. The Balaban J connectivity index is 1.93. The number of rotatable bonds is 2. The van der Waals surface area contributed by atoms with E-state index in [-0.39, 0.29) is 0 Å². The normalized spacial score (nSPS) is 32.8. The number of hydrogen-bond donors (Lipinski definition) is 1. The van der Waals surface area contributed by atoms with Gasteiger partial charge in [-0.1, -0.05) is 33.1 Å². The fourth-order valence-electron chi connectivity index (χ4n) is 3.54. The molecule has 0 bridgehead atoms. The minimum Gasteiger partial charge on any atom is -0.396 e. The van der Waals surface area contributed by atoms with Crippen LogP contribution in [-0.2, 0) is 0 Å². The van der Waals surface area contributed by atoms with Gasteiger partial charge in [0.25, 0.3) is 0 Å². The van der Waals surface area contributed by atoms with Crippen LogP contribution in [0.25, 0.3) is 0 Å². The van der Waals surface area contributed by atoms with Gasteiger partial charge in [-0.3, -0.25) is 4.90 Å². The van der Waals surface area contributed by atoms with Crippen molar-refractivity contribution in [3.8, 4) is 0 Å². The lowest BCUT2D eigenvalue weighted by molar-refractivity contribution is -0.00573. The highest BCUT2D eigenvalue weighted by Gasteiger charge is 2.37. The van der Waals surface area contributed by atoms with E-state index in [1.807, 2.05) is 0 Å². The van der Waals surface area contributed by atoms with E-state index in [9.17, 15) is 5.11 Å². The smallest absolute Gasteiger partial charge is 0.0465 e. The number of likely N-dealkylation sites (tertiary alicyclic amines) is 1. The molecule has 1 atom stereocenters. The van der Waals surface area contributed by atoms with Gasteiger partial charge in [-0.25, -0.2) is 0 Å². The van der Waals surface area contributed by atoms with Crippen molar-refractivity contribution in [1.29, 1.82) is 0 Å². The van der Waals surface area contributed by atoms with Gasteiger partial charge in [-0.15, -0.1) is 0 Å². The van der Waals surface area contributed by atoms with Gasteiger partial charge in [0.1, 0.15) is 0 Å². The van der Waals surface area contributed by atoms with E-state index < -0.39 is 0 Å². The van der Waals surface area contributed by atoms with E-state index >= 15 is 0 Å². The van der Waals surface area contributed by atoms with Crippen molar-refractivity contribution in [3.05, 3.63) is 0 Å². The average molecular weight is 225 g/mol. The molecule has 16 heavy (non-hydrogen) atoms. The third kappa shape index (κ3) is 2.60. The molecule has 0 amide bonds. The van der Waals surface area contributed by atoms with Gasteiger partial charge in [0.2, 0.25) is 0 Å². The first-order valence-corrected chi connectivity index (χ1v) is 6.98. The van der Waals surface area contributed by atoms with Crippen LogP contribution in [0.1, 0.15) is 52.4 Å². The zero-order valence-corrected chi connectivity index (χ0v) is 10.9. The monoisotopic (exact) mass is 225 g/mol. The number of hydrogen-bond acceptors (Lipinski definition) is 2. The second-order valence-electron chi connectivity index (χ2n) is 6.42. The maximum absolute atomic E-state index is 9.40. The largest absolute Gasteiger partial charge is 0.396 e. The SMILES string of the molecule is CC1(C)CN(C2CCCCC2)CCC1CO. The van der Waals surface area contributed by atoms with E-state index in [1.54, 1.807) is 0 Å². The molecule has 0 spiro atoms. The quantitative estimate of drug-likeness (QED) is 0.781. The van der Waals surface area contributed by atoms with Crippen molar-refractivity contribution in [2.24, 2.45) is 11.3 Å². The summed E-state index contributed by atoms with van der Waals surface area (Å²) in [4.78, 5) is 2.70. The second kappa shape index (κ2) is 5.05. The molecule has 0 aromatic heterocycles. The van der Waals surface area contributed by atoms with E-state index in [0.717, 1.165) is 6.04 Å². The van der Waals surface area contributed by atoms with Crippen LogP contribution in [0, 0.1) is 11.3 Å². The van der Waals surface area contributed by atoms with Gasteiger partial charge >= 0.3 is 0 Å². The third-order valence-corrected chi connectivity index (χ3v) is 4.79. The molecule has 2 aliphatic rings. The van der Waals surface area contributed by atoms with Crippen LogP contribution in [0.3, 0.4) is 0 Å². The maximum Gasteiger partial charge on any atom is 0.0465 e. The molecule has 1 aliphatic heterocycles. The minimum atomic E-state index is 0.296. The summed E-state index contributed by atoms with van der Waals surface area (Å²) in [5, 5.41) is 9.40. The standard InChI is InChI=1S/C14H27NO/c1-14(2)11-15(9-8-12(14)10-16)13-6-4-3-5-7-13/h12-13,16H,3-11H2,1-2H3. The Labute approximate surface area is 100 Å². The maximum atomic E-state index is 9.40. The molecule has 1 aliphatic carbocycles. The van der Waals surface area contributed by atoms with E-state index in [0.29, 0.717) is 17.9 Å². The predicted octanol–water partition coefficient (Wildman–Crippen LogP) is 2.66. The zero-order valence-electron chi connectivity index (χ0n) is 10.9. The Bertz CT molecular complexity index is 221. The number of aliphatic hydroxyl groups is 1. The van der Waals surface area contributed by atoms with Gasteiger partial charge in [-0.2, -0.15) is 0 Å². The van der Waals surface area contributed by atoms with Crippen molar-refractivity contribution in [3.63, 3.8) is 0 Å². The second-order valence-corrected chi connectivity index (χ2v) is 6.42. The molecule has 1 saturated heterocycles. The Morgan fingerprint density at radius 1 is 1.12 bits per heavy atom. The molecular formula is C14H27NO. The molecule has 1 unspecified atom stereocenters. The number of aliphatic hydroxyl groups excluding tert-OH is 1. The highest BCUT2D eigenvalue weighted by molar-refractivity contribution is 4.90. The molecule has 1 N–H and O–H groups in total. The van der Waals surface area contributed by atoms with Crippen molar-refractivity contribution < 1.29 is 5.11 Å². The van der Waals surface area contributed by atoms with E-state index in [1.165, 1.54) is 51.6 Å². The van der Waals surface area contributed by atoms with Gasteiger partial charge < -0.3 is 5.11 Å². The first-order valence-electron chi connectivity index (χ1n) is 6.98. The molecule has 2 nitrogen and oxygen atoms in total. The van der Waals surface area contributed by atoms with Gasteiger partial charge in [-0.05, 0) is 37.1 Å². The van der Waals surface area contributed by atoms with Crippen LogP contribution >= 0.6 is 0 Å². The molecule has 94 valence electrons. The van der Waals surface area contributed by atoms with Crippen LogP contribution in [0.2, 0.25) is 0 Å². The van der Waals surface area contributed by atoms with E-state index in [4.69, 9.17) is 0 Å². The molecule has 1 saturated carbocycles. The van der Waals surface area contributed by atoms with Crippen molar-refractivity contribution in [2.75, 3.05) is 19.7 Å². The summed E-state index contributed by atoms with van der Waals surface area (Å²) in [6.45, 7) is 7.40. The third-order valence-electron chi connectivity index (χ3n) is 4.79. The van der Waals surface area contributed by atoms with Gasteiger partial charge in [0.05, 0.1) is 0 Å². The summed E-state index contributed by atoms with van der Waals surface area (Å²) in [7, 11) is 0. The van der Waals surface area contributed by atoms with E-state index in [2.05, 4.69) is 18.7 Å². The summed E-state index contributed by atoms with van der Waals surface area (Å²) in [5.74, 6) is 0.507. The Morgan fingerprint density at radius 3 is 2.38 bits per heavy atom. The lowest BCUT2D eigenvalue weighted by Gasteiger charge is -2.47. The fourth-order valence-corrected chi connectivity index (χ4v) is 3.54. The molecule has 1 heterocycles. The van der Waals surface area contributed by atoms with Crippen molar-refractivity contribution >= 4 is 0 Å². The van der Waals surface area contributed by atoms with Crippen LogP contribution in [0.4, 0.5) is 0 Å². The van der Waals surface area contributed by atoms with Crippen molar-refractivity contribution in [1.82, 2.24) is 4.90 Å². The Hall–Kier alpha value is -0.0800. The summed E-state index contributed by atoms with van der Waals surface area (Å²) in [5.41, 5.74) is 0.296. The first-order chi connectivity index (χ1) is 7.63.